The number of amides is 1. The van der Waals surface area contributed by atoms with Crippen molar-refractivity contribution in [1.29, 1.82) is 0 Å². The molecule has 6 heteroatoms. The number of rotatable bonds is 5. The van der Waals surface area contributed by atoms with Crippen LogP contribution < -0.4 is 4.90 Å². The number of pyridine rings is 1. The fourth-order valence-corrected chi connectivity index (χ4v) is 5.73. The van der Waals surface area contributed by atoms with Crippen molar-refractivity contribution in [3.05, 3.63) is 137 Å². The van der Waals surface area contributed by atoms with Gasteiger partial charge in [-0.2, -0.15) is 5.10 Å². The smallest absolute Gasteiger partial charge is 0.267 e. The number of nitrogens with zero attached hydrogens (tertiary/aromatic N) is 4. The molecule has 1 aliphatic rings. The maximum Gasteiger partial charge on any atom is 0.267 e. The number of aryl methyl sites for hydroxylation is 1. The summed E-state index contributed by atoms with van der Waals surface area (Å²) in [6, 6.07) is 34.0. The number of hydrogen-bond acceptors (Lipinski definition) is 4. The molecule has 2 aromatic heterocycles. The highest BCUT2D eigenvalue weighted by molar-refractivity contribution is 8.05. The van der Waals surface area contributed by atoms with Gasteiger partial charge in [0.25, 0.3) is 5.91 Å². The predicted octanol–water partition coefficient (Wildman–Crippen LogP) is 7.06. The van der Waals surface area contributed by atoms with Crippen LogP contribution in [0.3, 0.4) is 0 Å². The van der Waals surface area contributed by atoms with Gasteiger partial charge in [0.2, 0.25) is 0 Å². The minimum absolute atomic E-state index is 0.0679. The highest BCUT2D eigenvalue weighted by Gasteiger charge is 2.41. The van der Waals surface area contributed by atoms with Gasteiger partial charge in [0.15, 0.2) is 0 Å². The van der Waals surface area contributed by atoms with E-state index < -0.39 is 0 Å². The first-order valence-electron chi connectivity index (χ1n) is 12.1. The summed E-state index contributed by atoms with van der Waals surface area (Å²) >= 11 is 1.54. The zero-order valence-electron chi connectivity index (χ0n) is 20.2. The molecule has 37 heavy (non-hydrogen) atoms. The molecule has 0 N–H and O–H groups in total. The molecule has 1 unspecified atom stereocenters. The number of anilines is 1. The number of benzene rings is 3. The molecule has 180 valence electrons. The second kappa shape index (κ2) is 9.91. The van der Waals surface area contributed by atoms with Crippen molar-refractivity contribution in [2.24, 2.45) is 0 Å². The Morgan fingerprint density at radius 1 is 0.865 bits per heavy atom. The van der Waals surface area contributed by atoms with E-state index in [1.54, 1.807) is 11.1 Å². The molecule has 0 aliphatic carbocycles. The Morgan fingerprint density at radius 3 is 2.35 bits per heavy atom. The van der Waals surface area contributed by atoms with E-state index in [0.717, 1.165) is 33.6 Å². The maximum absolute atomic E-state index is 13.9. The first kappa shape index (κ1) is 23.0. The molecule has 5 aromatic rings. The fourth-order valence-electron chi connectivity index (χ4n) is 4.48. The van der Waals surface area contributed by atoms with E-state index in [-0.39, 0.29) is 11.3 Å². The molecule has 0 saturated carbocycles. The Bertz CT molecular complexity index is 1580. The van der Waals surface area contributed by atoms with E-state index >= 15 is 0 Å². The molecule has 1 atom stereocenters. The Hall–Kier alpha value is -4.42. The first-order valence-corrected chi connectivity index (χ1v) is 13.0. The van der Waals surface area contributed by atoms with Crippen LogP contribution in [-0.2, 0) is 4.79 Å². The van der Waals surface area contributed by atoms with Crippen molar-refractivity contribution >= 4 is 29.6 Å². The third-order valence-electron chi connectivity index (χ3n) is 6.22. The van der Waals surface area contributed by atoms with Crippen molar-refractivity contribution in [1.82, 2.24) is 14.8 Å². The summed E-state index contributed by atoms with van der Waals surface area (Å²) in [6.45, 7) is 2.05. The Morgan fingerprint density at radius 2 is 1.62 bits per heavy atom. The van der Waals surface area contributed by atoms with Crippen LogP contribution in [0.15, 0.2) is 120 Å². The molecule has 5 nitrogen and oxygen atoms in total. The molecule has 1 aliphatic heterocycles. The van der Waals surface area contributed by atoms with Crippen LogP contribution in [-0.4, -0.2) is 20.7 Å². The Kier molecular flexibility index (Phi) is 6.16. The van der Waals surface area contributed by atoms with Gasteiger partial charge in [-0.15, -0.1) is 0 Å². The summed E-state index contributed by atoms with van der Waals surface area (Å²) in [4.78, 5) is 20.9. The second-order valence-electron chi connectivity index (χ2n) is 8.84. The molecule has 1 amide bonds. The second-order valence-corrected chi connectivity index (χ2v) is 9.96. The highest BCUT2D eigenvalue weighted by Crippen LogP contribution is 2.50. The van der Waals surface area contributed by atoms with E-state index in [4.69, 9.17) is 5.10 Å². The number of para-hydroxylation sites is 1. The number of carbonyl (C=O) groups excluding carboxylic acids is 1. The van der Waals surface area contributed by atoms with Crippen LogP contribution in [0.4, 0.5) is 5.82 Å². The number of thioether (sulfide) groups is 1. The quantitative estimate of drug-likeness (QED) is 0.242. The molecule has 3 heterocycles. The van der Waals surface area contributed by atoms with Gasteiger partial charge < -0.3 is 0 Å². The van der Waals surface area contributed by atoms with Crippen LogP contribution in [0, 0.1) is 6.92 Å². The van der Waals surface area contributed by atoms with E-state index in [1.165, 1.54) is 11.8 Å². The van der Waals surface area contributed by atoms with Crippen molar-refractivity contribution in [2.45, 2.75) is 12.3 Å². The monoisotopic (exact) mass is 500 g/mol. The normalized spacial score (nSPS) is 16.5. The topological polar surface area (TPSA) is 51.0 Å². The molecule has 0 radical (unpaired) electrons. The van der Waals surface area contributed by atoms with Crippen molar-refractivity contribution < 1.29 is 4.79 Å². The van der Waals surface area contributed by atoms with Crippen LogP contribution >= 0.6 is 11.8 Å². The van der Waals surface area contributed by atoms with E-state index in [0.29, 0.717) is 10.7 Å². The summed E-state index contributed by atoms with van der Waals surface area (Å²) in [5.74, 6) is 0.547. The lowest BCUT2D eigenvalue weighted by Gasteiger charge is -2.22. The number of aromatic nitrogens is 3. The largest absolute Gasteiger partial charge is 0.275 e. The SMILES string of the molecule is Cc1cccc(C=C2SC(c3cn(-c4ccccc4)nc3-c3ccccc3)N(c3ccccn3)C2=O)c1. The molecular formula is C31H24N4OS. The molecule has 0 spiro atoms. The zero-order chi connectivity index (χ0) is 25.2. The van der Waals surface area contributed by atoms with Crippen LogP contribution in [0.2, 0.25) is 0 Å². The molecule has 3 aromatic carbocycles. The minimum atomic E-state index is -0.328. The van der Waals surface area contributed by atoms with Gasteiger partial charge in [-0.3, -0.25) is 9.69 Å². The average molecular weight is 501 g/mol. The number of carbonyl (C=O) groups is 1. The van der Waals surface area contributed by atoms with E-state index in [2.05, 4.69) is 36.2 Å². The summed E-state index contributed by atoms with van der Waals surface area (Å²) in [5, 5.41) is 4.67. The standard InChI is InChI=1S/C31H24N4OS/c1-22-11-10-12-23(19-22)20-27-30(36)35(28-17-8-9-18-32-28)31(37-27)26-21-34(25-15-6-3-7-16-25)33-29(26)24-13-4-2-5-14-24/h2-21,31H,1H3. The summed E-state index contributed by atoms with van der Waals surface area (Å²) in [7, 11) is 0. The lowest BCUT2D eigenvalue weighted by atomic mass is 10.1. The van der Waals surface area contributed by atoms with Crippen LogP contribution in [0.25, 0.3) is 23.0 Å². The number of hydrogen-bond donors (Lipinski definition) is 0. The van der Waals surface area contributed by atoms with Gasteiger partial charge in [0.1, 0.15) is 11.2 Å². The summed E-state index contributed by atoms with van der Waals surface area (Å²) in [6.07, 6.45) is 5.73. The van der Waals surface area contributed by atoms with Crippen LogP contribution in [0.1, 0.15) is 22.1 Å². The van der Waals surface area contributed by atoms with Crippen molar-refractivity contribution in [2.75, 3.05) is 4.90 Å². The fraction of sp³-hybridized carbons (Fsp3) is 0.0645. The summed E-state index contributed by atoms with van der Waals surface area (Å²) < 4.78 is 1.89. The average Bonchev–Trinajstić information content (AvgIpc) is 3.52. The van der Waals surface area contributed by atoms with Gasteiger partial charge >= 0.3 is 0 Å². The van der Waals surface area contributed by atoms with Crippen molar-refractivity contribution in [3.8, 4) is 16.9 Å². The lowest BCUT2D eigenvalue weighted by molar-refractivity contribution is -0.114. The molecule has 1 saturated heterocycles. The predicted molar refractivity (Wildman–Crippen MR) is 150 cm³/mol. The van der Waals surface area contributed by atoms with Crippen LogP contribution in [0.5, 0.6) is 0 Å². The van der Waals surface area contributed by atoms with Gasteiger partial charge in [-0.1, -0.05) is 96.2 Å². The van der Waals surface area contributed by atoms with Gasteiger partial charge in [0.05, 0.1) is 16.3 Å². The highest BCUT2D eigenvalue weighted by atomic mass is 32.2. The first-order chi connectivity index (χ1) is 18.2. The Balaban J connectivity index is 1.51. The minimum Gasteiger partial charge on any atom is -0.275 e. The molecule has 0 bridgehead atoms. The summed E-state index contributed by atoms with van der Waals surface area (Å²) in [5.41, 5.74) is 5.90. The molecular weight excluding hydrogens is 476 g/mol. The van der Waals surface area contributed by atoms with Gasteiger partial charge in [-0.05, 0) is 42.8 Å². The lowest BCUT2D eigenvalue weighted by Crippen LogP contribution is -2.28. The molecule has 6 rings (SSSR count). The van der Waals surface area contributed by atoms with Gasteiger partial charge in [0, 0.05) is 23.5 Å². The van der Waals surface area contributed by atoms with E-state index in [9.17, 15) is 4.79 Å². The molecule has 1 fully saturated rings. The van der Waals surface area contributed by atoms with Crippen molar-refractivity contribution in [3.63, 3.8) is 0 Å². The van der Waals surface area contributed by atoms with Gasteiger partial charge in [-0.25, -0.2) is 9.67 Å². The maximum atomic E-state index is 13.9. The Labute approximate surface area is 220 Å². The third kappa shape index (κ3) is 4.59. The van der Waals surface area contributed by atoms with E-state index in [1.807, 2.05) is 95.8 Å². The third-order valence-corrected chi connectivity index (χ3v) is 7.45. The zero-order valence-corrected chi connectivity index (χ0v) is 21.0.